The zero-order valence-electron chi connectivity index (χ0n) is 12.3. The topological polar surface area (TPSA) is 21.3 Å². The molecule has 0 spiro atoms. The first-order chi connectivity index (χ1) is 7.73. The Morgan fingerprint density at radius 1 is 1.29 bits per heavy atom. The molecule has 17 heavy (non-hydrogen) atoms. The van der Waals surface area contributed by atoms with Crippen LogP contribution in [0.2, 0.25) is 0 Å². The van der Waals surface area contributed by atoms with E-state index in [9.17, 15) is 0 Å². The van der Waals surface area contributed by atoms with E-state index in [4.69, 9.17) is 4.74 Å². The summed E-state index contributed by atoms with van der Waals surface area (Å²) in [5.74, 6) is 0.538. The van der Waals surface area contributed by atoms with Crippen LogP contribution >= 0.6 is 0 Å². The number of hydrogen-bond donors (Lipinski definition) is 1. The third-order valence-corrected chi connectivity index (χ3v) is 3.38. The number of ether oxygens (including phenoxy) is 1. The van der Waals surface area contributed by atoms with Crippen molar-refractivity contribution in [1.82, 2.24) is 5.32 Å². The molecule has 1 aliphatic rings. The first-order valence-corrected chi connectivity index (χ1v) is 6.83. The van der Waals surface area contributed by atoms with E-state index in [2.05, 4.69) is 59.0 Å². The van der Waals surface area contributed by atoms with Crippen LogP contribution in [0.1, 0.15) is 54.4 Å². The summed E-state index contributed by atoms with van der Waals surface area (Å²) in [4.78, 5) is 0. The summed E-state index contributed by atoms with van der Waals surface area (Å²) in [5, 5.41) is 3.43. The summed E-state index contributed by atoms with van der Waals surface area (Å²) in [6, 6.07) is 0.577. The van der Waals surface area contributed by atoms with Gasteiger partial charge < -0.3 is 10.1 Å². The average Bonchev–Trinajstić information content (AvgIpc) is 2.33. The summed E-state index contributed by atoms with van der Waals surface area (Å²) in [5.41, 5.74) is 0.000165. The maximum Gasteiger partial charge on any atom is 0.0697 e. The highest BCUT2D eigenvalue weighted by molar-refractivity contribution is 5.04. The van der Waals surface area contributed by atoms with Crippen molar-refractivity contribution in [3.63, 3.8) is 0 Å². The minimum Gasteiger partial charge on any atom is -0.369 e. The van der Waals surface area contributed by atoms with Crippen LogP contribution in [0.15, 0.2) is 12.2 Å². The molecule has 0 amide bonds. The third-order valence-electron chi connectivity index (χ3n) is 3.38. The Morgan fingerprint density at radius 3 is 2.41 bits per heavy atom. The van der Waals surface area contributed by atoms with E-state index in [-0.39, 0.29) is 11.2 Å². The molecule has 1 rings (SSSR count). The Hall–Kier alpha value is -0.340. The predicted octanol–water partition coefficient (Wildman–Crippen LogP) is 3.52. The molecule has 1 N–H and O–H groups in total. The standard InChI is InChI=1S/C15H29NO/c1-12(2)16-10-8-7-9-13-11-14(3,4)17-15(13,5)6/h7,9,12-13,16H,8,10-11H2,1-6H3/b9-7+. The molecule has 0 saturated carbocycles. The van der Waals surface area contributed by atoms with Crippen LogP contribution in [0.4, 0.5) is 0 Å². The van der Waals surface area contributed by atoms with Gasteiger partial charge >= 0.3 is 0 Å². The van der Waals surface area contributed by atoms with Gasteiger partial charge in [-0.1, -0.05) is 26.0 Å². The molecule has 2 nitrogen and oxygen atoms in total. The van der Waals surface area contributed by atoms with Gasteiger partial charge in [0.15, 0.2) is 0 Å². The second-order valence-corrected chi connectivity index (χ2v) is 6.60. The monoisotopic (exact) mass is 239 g/mol. The van der Waals surface area contributed by atoms with Crippen molar-refractivity contribution in [2.75, 3.05) is 6.54 Å². The molecule has 1 atom stereocenters. The van der Waals surface area contributed by atoms with E-state index in [0.717, 1.165) is 19.4 Å². The first kappa shape index (κ1) is 14.7. The third kappa shape index (κ3) is 4.81. The van der Waals surface area contributed by atoms with E-state index >= 15 is 0 Å². The van der Waals surface area contributed by atoms with Gasteiger partial charge in [-0.2, -0.15) is 0 Å². The average molecular weight is 239 g/mol. The Bertz CT molecular complexity index is 266. The first-order valence-electron chi connectivity index (χ1n) is 6.83. The summed E-state index contributed by atoms with van der Waals surface area (Å²) >= 11 is 0. The van der Waals surface area contributed by atoms with Gasteiger partial charge in [-0.15, -0.1) is 0 Å². The zero-order valence-corrected chi connectivity index (χ0v) is 12.3. The fourth-order valence-electron chi connectivity index (χ4n) is 2.62. The SMILES string of the molecule is CC(C)NCC/C=C/C1CC(C)(C)OC1(C)C. The predicted molar refractivity (Wildman–Crippen MR) is 74.2 cm³/mol. The minimum atomic E-state index is -0.0223. The smallest absolute Gasteiger partial charge is 0.0697 e. The van der Waals surface area contributed by atoms with Gasteiger partial charge in [-0.05, 0) is 47.1 Å². The van der Waals surface area contributed by atoms with E-state index in [1.165, 1.54) is 0 Å². The minimum absolute atomic E-state index is 0.0223. The molecule has 1 saturated heterocycles. The highest BCUT2D eigenvalue weighted by Gasteiger charge is 2.44. The van der Waals surface area contributed by atoms with Crippen LogP contribution in [-0.2, 0) is 4.74 Å². The van der Waals surface area contributed by atoms with E-state index < -0.39 is 0 Å². The summed E-state index contributed by atoms with van der Waals surface area (Å²) in [7, 11) is 0. The Balaban J connectivity index is 2.38. The molecule has 1 fully saturated rings. The van der Waals surface area contributed by atoms with Gasteiger partial charge in [0.05, 0.1) is 11.2 Å². The van der Waals surface area contributed by atoms with Gasteiger partial charge in [-0.25, -0.2) is 0 Å². The van der Waals surface area contributed by atoms with Crippen LogP contribution < -0.4 is 5.32 Å². The van der Waals surface area contributed by atoms with Crippen molar-refractivity contribution in [2.24, 2.45) is 5.92 Å². The zero-order chi connectivity index (χ0) is 13.1. The van der Waals surface area contributed by atoms with Crippen molar-refractivity contribution in [3.05, 3.63) is 12.2 Å². The van der Waals surface area contributed by atoms with Crippen LogP contribution in [0.3, 0.4) is 0 Å². The summed E-state index contributed by atoms with van der Waals surface area (Å²) < 4.78 is 6.08. The van der Waals surface area contributed by atoms with Crippen molar-refractivity contribution < 1.29 is 4.74 Å². The molecule has 0 aromatic rings. The van der Waals surface area contributed by atoms with E-state index in [0.29, 0.717) is 12.0 Å². The molecule has 0 aromatic heterocycles. The summed E-state index contributed by atoms with van der Waals surface area (Å²) in [6.07, 6.45) is 6.86. The lowest BCUT2D eigenvalue weighted by molar-refractivity contribution is -0.0706. The Morgan fingerprint density at radius 2 is 1.94 bits per heavy atom. The lowest BCUT2D eigenvalue weighted by Crippen LogP contribution is -2.28. The largest absolute Gasteiger partial charge is 0.369 e. The number of nitrogens with one attached hydrogen (secondary N) is 1. The normalized spacial score (nSPS) is 27.1. The van der Waals surface area contributed by atoms with Gasteiger partial charge in [0.2, 0.25) is 0 Å². The molecule has 0 aliphatic carbocycles. The van der Waals surface area contributed by atoms with E-state index in [1.807, 2.05) is 0 Å². The molecular formula is C15H29NO. The van der Waals surface area contributed by atoms with Crippen LogP contribution in [0.25, 0.3) is 0 Å². The van der Waals surface area contributed by atoms with Crippen molar-refractivity contribution in [3.8, 4) is 0 Å². The van der Waals surface area contributed by atoms with Gasteiger partial charge in [-0.3, -0.25) is 0 Å². The molecule has 1 heterocycles. The van der Waals surface area contributed by atoms with Crippen LogP contribution in [0.5, 0.6) is 0 Å². The second-order valence-electron chi connectivity index (χ2n) is 6.60. The van der Waals surface area contributed by atoms with Gasteiger partial charge in [0, 0.05) is 12.0 Å². The highest BCUT2D eigenvalue weighted by Crippen LogP contribution is 2.42. The molecule has 100 valence electrons. The second kappa shape index (κ2) is 5.53. The van der Waals surface area contributed by atoms with Crippen LogP contribution in [-0.4, -0.2) is 23.8 Å². The number of rotatable bonds is 5. The number of hydrogen-bond acceptors (Lipinski definition) is 2. The lowest BCUT2D eigenvalue weighted by Gasteiger charge is -2.26. The van der Waals surface area contributed by atoms with Crippen molar-refractivity contribution in [1.29, 1.82) is 0 Å². The van der Waals surface area contributed by atoms with Gasteiger partial charge in [0.1, 0.15) is 0 Å². The quantitative estimate of drug-likeness (QED) is 0.585. The lowest BCUT2D eigenvalue weighted by atomic mass is 9.87. The maximum absolute atomic E-state index is 6.08. The molecule has 2 heteroatoms. The van der Waals surface area contributed by atoms with Crippen molar-refractivity contribution in [2.45, 2.75) is 71.6 Å². The van der Waals surface area contributed by atoms with E-state index in [1.54, 1.807) is 0 Å². The van der Waals surface area contributed by atoms with Crippen molar-refractivity contribution >= 4 is 0 Å². The Labute approximate surface area is 107 Å². The highest BCUT2D eigenvalue weighted by atomic mass is 16.5. The van der Waals surface area contributed by atoms with Gasteiger partial charge in [0.25, 0.3) is 0 Å². The molecule has 0 radical (unpaired) electrons. The molecule has 0 bridgehead atoms. The molecule has 0 aromatic carbocycles. The molecule has 1 aliphatic heterocycles. The molecular weight excluding hydrogens is 210 g/mol. The fourth-order valence-corrected chi connectivity index (χ4v) is 2.62. The molecule has 1 unspecified atom stereocenters. The fraction of sp³-hybridized carbons (Fsp3) is 0.867. The van der Waals surface area contributed by atoms with Crippen LogP contribution in [0, 0.1) is 5.92 Å². The maximum atomic E-state index is 6.08. The Kier molecular flexibility index (Phi) is 4.79. The summed E-state index contributed by atoms with van der Waals surface area (Å²) in [6.45, 7) is 14.2.